The number of aromatic nitrogens is 2. The predicted molar refractivity (Wildman–Crippen MR) is 116 cm³/mol. The highest BCUT2D eigenvalue weighted by Crippen LogP contribution is 2.27. The Hall–Kier alpha value is -3.06. The highest BCUT2D eigenvalue weighted by atomic mass is 16.5. The summed E-state index contributed by atoms with van der Waals surface area (Å²) in [4.78, 5) is 15.3. The summed E-state index contributed by atoms with van der Waals surface area (Å²) >= 11 is 0. The molecule has 162 valence electrons. The molecule has 2 aliphatic rings. The molecule has 2 aromatic heterocycles. The first-order valence-electron chi connectivity index (χ1n) is 10.9. The van der Waals surface area contributed by atoms with Gasteiger partial charge in [0.15, 0.2) is 5.69 Å². The summed E-state index contributed by atoms with van der Waals surface area (Å²) in [5, 5.41) is 7.89. The number of hydrogen-bond donors (Lipinski definition) is 1. The molecule has 3 aromatic rings. The van der Waals surface area contributed by atoms with E-state index in [1.165, 1.54) is 0 Å². The standard InChI is InChI=1S/C24H28N4O3/c1-16-6-9-20(31-16)14-27-11-10-22-21(15-27)23(24(29)25-18-7-8-18)26-28(22)13-17-4-3-5-19(12-17)30-2/h3-6,9,12,18H,7-8,10-11,13-15H2,1-2H3,(H,25,29). The number of carbonyl (C=O) groups is 1. The van der Waals surface area contributed by atoms with Crippen molar-refractivity contribution in [2.45, 2.75) is 51.9 Å². The molecular weight excluding hydrogens is 392 g/mol. The minimum Gasteiger partial charge on any atom is -0.497 e. The normalized spacial score (nSPS) is 16.2. The first-order valence-corrected chi connectivity index (χ1v) is 10.9. The summed E-state index contributed by atoms with van der Waals surface area (Å²) in [6.07, 6.45) is 2.97. The van der Waals surface area contributed by atoms with Crippen LogP contribution in [0.25, 0.3) is 0 Å². The van der Waals surface area contributed by atoms with Crippen molar-refractivity contribution in [3.8, 4) is 5.75 Å². The number of rotatable bonds is 7. The molecule has 5 rings (SSSR count). The number of nitrogens with one attached hydrogen (secondary N) is 1. The maximum Gasteiger partial charge on any atom is 0.272 e. The van der Waals surface area contributed by atoms with E-state index in [0.717, 1.165) is 66.4 Å². The molecule has 0 bridgehead atoms. The molecule has 0 radical (unpaired) electrons. The third kappa shape index (κ3) is 4.37. The van der Waals surface area contributed by atoms with Gasteiger partial charge < -0.3 is 14.5 Å². The molecule has 1 aromatic carbocycles. The third-order valence-electron chi connectivity index (χ3n) is 5.98. The predicted octanol–water partition coefficient (Wildman–Crippen LogP) is 3.29. The second kappa shape index (κ2) is 8.23. The Morgan fingerprint density at radius 3 is 2.87 bits per heavy atom. The summed E-state index contributed by atoms with van der Waals surface area (Å²) in [6.45, 7) is 4.91. The van der Waals surface area contributed by atoms with E-state index in [2.05, 4.69) is 16.3 Å². The average Bonchev–Trinajstić information content (AvgIpc) is 3.38. The van der Waals surface area contributed by atoms with Crippen molar-refractivity contribution in [3.63, 3.8) is 0 Å². The lowest BCUT2D eigenvalue weighted by Gasteiger charge is -2.27. The van der Waals surface area contributed by atoms with Crippen LogP contribution >= 0.6 is 0 Å². The Balaban J connectivity index is 1.42. The van der Waals surface area contributed by atoms with Crippen molar-refractivity contribution < 1.29 is 13.9 Å². The molecule has 7 heteroatoms. The zero-order valence-electron chi connectivity index (χ0n) is 18.1. The first kappa shape index (κ1) is 19.9. The molecule has 3 heterocycles. The summed E-state index contributed by atoms with van der Waals surface area (Å²) in [7, 11) is 1.67. The fourth-order valence-electron chi connectivity index (χ4n) is 4.21. The number of carbonyl (C=O) groups excluding carboxylic acids is 1. The zero-order valence-corrected chi connectivity index (χ0v) is 18.1. The summed E-state index contributed by atoms with van der Waals surface area (Å²) in [5.41, 5.74) is 3.85. The van der Waals surface area contributed by atoms with Crippen molar-refractivity contribution in [2.24, 2.45) is 0 Å². The fraction of sp³-hybridized carbons (Fsp3) is 0.417. The highest BCUT2D eigenvalue weighted by molar-refractivity contribution is 5.94. The van der Waals surface area contributed by atoms with Crippen LogP contribution < -0.4 is 10.1 Å². The van der Waals surface area contributed by atoms with Crippen molar-refractivity contribution in [2.75, 3.05) is 13.7 Å². The van der Waals surface area contributed by atoms with Gasteiger partial charge in [-0.05, 0) is 49.6 Å². The lowest BCUT2D eigenvalue weighted by Crippen LogP contribution is -2.32. The van der Waals surface area contributed by atoms with Gasteiger partial charge in [0.05, 0.1) is 20.2 Å². The van der Waals surface area contributed by atoms with E-state index in [1.807, 2.05) is 41.9 Å². The van der Waals surface area contributed by atoms with E-state index in [9.17, 15) is 4.79 Å². The number of amides is 1. The van der Waals surface area contributed by atoms with Gasteiger partial charge in [0, 0.05) is 36.8 Å². The van der Waals surface area contributed by atoms with Crippen LogP contribution in [0.4, 0.5) is 0 Å². The molecule has 0 saturated heterocycles. The third-order valence-corrected chi connectivity index (χ3v) is 5.98. The highest BCUT2D eigenvalue weighted by Gasteiger charge is 2.31. The van der Waals surface area contributed by atoms with Crippen LogP contribution in [0.5, 0.6) is 5.75 Å². The Morgan fingerprint density at radius 1 is 1.26 bits per heavy atom. The SMILES string of the molecule is COc1cccc(Cn2nc(C(=O)NC3CC3)c3c2CCN(Cc2ccc(C)o2)C3)c1. The van der Waals surface area contributed by atoms with E-state index in [0.29, 0.717) is 24.8 Å². The van der Waals surface area contributed by atoms with Gasteiger partial charge in [-0.3, -0.25) is 14.4 Å². The number of nitrogens with zero attached hydrogens (tertiary/aromatic N) is 3. The van der Waals surface area contributed by atoms with E-state index in [-0.39, 0.29) is 5.91 Å². The molecule has 1 fully saturated rings. The van der Waals surface area contributed by atoms with Gasteiger partial charge in [-0.1, -0.05) is 12.1 Å². The van der Waals surface area contributed by atoms with Gasteiger partial charge in [-0.25, -0.2) is 0 Å². The summed E-state index contributed by atoms with van der Waals surface area (Å²) in [6, 6.07) is 12.3. The molecule has 1 aliphatic heterocycles. The summed E-state index contributed by atoms with van der Waals surface area (Å²) in [5.74, 6) is 2.64. The molecule has 1 aliphatic carbocycles. The number of aryl methyl sites for hydroxylation is 1. The van der Waals surface area contributed by atoms with Crippen LogP contribution in [0.1, 0.15) is 51.7 Å². The molecule has 0 atom stereocenters. The molecule has 0 spiro atoms. The number of methoxy groups -OCH3 is 1. The topological polar surface area (TPSA) is 72.5 Å². The largest absolute Gasteiger partial charge is 0.497 e. The van der Waals surface area contributed by atoms with Crippen molar-refractivity contribution in [1.82, 2.24) is 20.0 Å². The van der Waals surface area contributed by atoms with Gasteiger partial charge in [0.25, 0.3) is 5.91 Å². The molecule has 31 heavy (non-hydrogen) atoms. The fourth-order valence-corrected chi connectivity index (χ4v) is 4.21. The lowest BCUT2D eigenvalue weighted by atomic mass is 10.0. The molecule has 1 N–H and O–H groups in total. The van der Waals surface area contributed by atoms with E-state index in [4.69, 9.17) is 14.3 Å². The maximum atomic E-state index is 13.0. The average molecular weight is 421 g/mol. The van der Waals surface area contributed by atoms with Gasteiger partial charge in [0.2, 0.25) is 0 Å². The number of fused-ring (bicyclic) bond motifs is 1. The number of benzene rings is 1. The molecule has 7 nitrogen and oxygen atoms in total. The molecule has 1 saturated carbocycles. The van der Waals surface area contributed by atoms with Crippen molar-refractivity contribution in [3.05, 3.63) is 70.4 Å². The van der Waals surface area contributed by atoms with Crippen LogP contribution in [0.15, 0.2) is 40.8 Å². The number of ether oxygens (including phenoxy) is 1. The first-order chi connectivity index (χ1) is 15.1. The smallest absolute Gasteiger partial charge is 0.272 e. The van der Waals surface area contributed by atoms with E-state index >= 15 is 0 Å². The Labute approximate surface area is 182 Å². The van der Waals surface area contributed by atoms with Crippen molar-refractivity contribution >= 4 is 5.91 Å². The molecule has 1 amide bonds. The van der Waals surface area contributed by atoms with Gasteiger partial charge in [0.1, 0.15) is 17.3 Å². The lowest BCUT2D eigenvalue weighted by molar-refractivity contribution is 0.0943. The van der Waals surface area contributed by atoms with Crippen LogP contribution in [-0.2, 0) is 26.1 Å². The Bertz CT molecular complexity index is 1100. The van der Waals surface area contributed by atoms with E-state index in [1.54, 1.807) is 7.11 Å². The van der Waals surface area contributed by atoms with Gasteiger partial charge in [-0.15, -0.1) is 0 Å². The quantitative estimate of drug-likeness (QED) is 0.635. The Morgan fingerprint density at radius 2 is 2.13 bits per heavy atom. The summed E-state index contributed by atoms with van der Waals surface area (Å²) < 4.78 is 13.1. The van der Waals surface area contributed by atoms with E-state index < -0.39 is 0 Å². The second-order valence-corrected chi connectivity index (χ2v) is 8.50. The minimum atomic E-state index is -0.0566. The van der Waals surface area contributed by atoms with Crippen LogP contribution in [0.2, 0.25) is 0 Å². The van der Waals surface area contributed by atoms with Crippen LogP contribution in [0.3, 0.4) is 0 Å². The second-order valence-electron chi connectivity index (χ2n) is 8.50. The zero-order chi connectivity index (χ0) is 21.4. The van der Waals surface area contributed by atoms with Crippen LogP contribution in [-0.4, -0.2) is 40.3 Å². The van der Waals surface area contributed by atoms with Crippen LogP contribution in [0, 0.1) is 6.92 Å². The maximum absolute atomic E-state index is 13.0. The monoisotopic (exact) mass is 420 g/mol. The van der Waals surface area contributed by atoms with Crippen molar-refractivity contribution in [1.29, 1.82) is 0 Å². The molecule has 0 unspecified atom stereocenters. The molecular formula is C24H28N4O3. The number of furan rings is 1. The van der Waals surface area contributed by atoms with Gasteiger partial charge >= 0.3 is 0 Å². The minimum absolute atomic E-state index is 0.0566. The Kier molecular flexibility index (Phi) is 5.28. The van der Waals surface area contributed by atoms with Gasteiger partial charge in [-0.2, -0.15) is 5.10 Å². The number of hydrogen-bond acceptors (Lipinski definition) is 5.